The molecular formula is C13H17Cl2NO4S. The first-order valence-electron chi connectivity index (χ1n) is 6.45. The normalized spacial score (nSPS) is 24.0. The van der Waals surface area contributed by atoms with Gasteiger partial charge in [0.1, 0.15) is 9.92 Å². The molecule has 1 heterocycles. The predicted molar refractivity (Wildman–Crippen MR) is 81.8 cm³/mol. The first-order chi connectivity index (χ1) is 9.77. The van der Waals surface area contributed by atoms with Crippen molar-refractivity contribution in [3.63, 3.8) is 0 Å². The molecule has 2 unspecified atom stereocenters. The van der Waals surface area contributed by atoms with Crippen LogP contribution in [0.2, 0.25) is 10.0 Å². The van der Waals surface area contributed by atoms with Crippen LogP contribution in [0.3, 0.4) is 0 Å². The zero-order valence-corrected chi connectivity index (χ0v) is 14.3. The number of benzene rings is 1. The molecule has 5 nitrogen and oxygen atoms in total. The van der Waals surface area contributed by atoms with Crippen molar-refractivity contribution in [3.8, 4) is 5.75 Å². The molecule has 1 aromatic carbocycles. The topological polar surface area (TPSA) is 55.8 Å². The Morgan fingerprint density at radius 2 is 1.81 bits per heavy atom. The highest BCUT2D eigenvalue weighted by molar-refractivity contribution is 7.89. The quantitative estimate of drug-likeness (QED) is 0.838. The van der Waals surface area contributed by atoms with E-state index >= 15 is 0 Å². The summed E-state index contributed by atoms with van der Waals surface area (Å²) in [4.78, 5) is 0.0145. The number of morpholine rings is 1. The van der Waals surface area contributed by atoms with E-state index in [9.17, 15) is 8.42 Å². The molecule has 0 radical (unpaired) electrons. The lowest BCUT2D eigenvalue weighted by molar-refractivity contribution is -0.0441. The molecule has 1 fully saturated rings. The molecule has 0 saturated carbocycles. The van der Waals surface area contributed by atoms with Crippen LogP contribution in [-0.2, 0) is 14.8 Å². The Bertz CT molecular complexity index is 625. The monoisotopic (exact) mass is 353 g/mol. The highest BCUT2D eigenvalue weighted by Gasteiger charge is 2.34. The number of rotatable bonds is 3. The van der Waals surface area contributed by atoms with Crippen LogP contribution in [0.4, 0.5) is 0 Å². The average Bonchev–Trinajstić information content (AvgIpc) is 2.40. The van der Waals surface area contributed by atoms with Gasteiger partial charge in [0.15, 0.2) is 5.75 Å². The molecule has 8 heteroatoms. The minimum absolute atomic E-state index is 0.0145. The summed E-state index contributed by atoms with van der Waals surface area (Å²) < 4.78 is 37.7. The summed E-state index contributed by atoms with van der Waals surface area (Å²) >= 11 is 11.9. The van der Waals surface area contributed by atoms with E-state index in [4.69, 9.17) is 32.7 Å². The lowest BCUT2D eigenvalue weighted by Gasteiger charge is -2.34. The van der Waals surface area contributed by atoms with Gasteiger partial charge < -0.3 is 9.47 Å². The van der Waals surface area contributed by atoms with Gasteiger partial charge in [-0.2, -0.15) is 4.31 Å². The second kappa shape index (κ2) is 6.30. The Kier molecular flexibility index (Phi) is 5.05. The third-order valence-corrected chi connectivity index (χ3v) is 5.86. The van der Waals surface area contributed by atoms with Crippen LogP contribution in [-0.4, -0.2) is 45.1 Å². The fourth-order valence-electron chi connectivity index (χ4n) is 2.37. The van der Waals surface area contributed by atoms with Crippen LogP contribution in [0, 0.1) is 0 Å². The van der Waals surface area contributed by atoms with Gasteiger partial charge in [-0.15, -0.1) is 0 Å². The largest absolute Gasteiger partial charge is 0.494 e. The van der Waals surface area contributed by atoms with Crippen molar-refractivity contribution in [1.82, 2.24) is 4.31 Å². The minimum atomic E-state index is -3.72. The zero-order chi connectivity index (χ0) is 15.8. The highest BCUT2D eigenvalue weighted by atomic mass is 35.5. The van der Waals surface area contributed by atoms with Gasteiger partial charge in [-0.1, -0.05) is 23.2 Å². The van der Waals surface area contributed by atoms with E-state index in [0.29, 0.717) is 0 Å². The first-order valence-corrected chi connectivity index (χ1v) is 8.64. The standard InChI is InChI=1S/C13H17Cl2NO4S/c1-8-6-16(7-9(2)20-8)21(17,18)11-5-4-10(14)12(15)13(11)19-3/h4-5,8-9H,6-7H2,1-3H3. The molecule has 21 heavy (non-hydrogen) atoms. The van der Waals surface area contributed by atoms with Crippen molar-refractivity contribution in [2.75, 3.05) is 20.2 Å². The van der Waals surface area contributed by atoms with Crippen LogP contribution < -0.4 is 4.74 Å². The molecule has 1 aliphatic rings. The van der Waals surface area contributed by atoms with Gasteiger partial charge in [-0.3, -0.25) is 0 Å². The Labute approximate surface area is 134 Å². The van der Waals surface area contributed by atoms with Gasteiger partial charge >= 0.3 is 0 Å². The number of ether oxygens (including phenoxy) is 2. The van der Waals surface area contributed by atoms with E-state index in [1.54, 1.807) is 0 Å². The van der Waals surface area contributed by atoms with Crippen LogP contribution in [0.1, 0.15) is 13.8 Å². The van der Waals surface area contributed by atoms with Gasteiger partial charge in [0.05, 0.1) is 24.3 Å². The molecular weight excluding hydrogens is 337 g/mol. The molecule has 0 amide bonds. The summed E-state index contributed by atoms with van der Waals surface area (Å²) in [7, 11) is -2.36. The maximum absolute atomic E-state index is 12.8. The van der Waals surface area contributed by atoms with Crippen LogP contribution in [0.15, 0.2) is 17.0 Å². The molecule has 118 valence electrons. The Hall–Kier alpha value is -0.530. The second-order valence-corrected chi connectivity index (χ2v) is 7.66. The van der Waals surface area contributed by atoms with Crippen molar-refractivity contribution < 1.29 is 17.9 Å². The molecule has 1 aromatic rings. The Morgan fingerprint density at radius 3 is 2.33 bits per heavy atom. The van der Waals surface area contributed by atoms with E-state index in [2.05, 4.69) is 0 Å². The SMILES string of the molecule is COc1c(S(=O)(=O)N2CC(C)OC(C)C2)ccc(Cl)c1Cl. The summed E-state index contributed by atoms with van der Waals surface area (Å²) in [5.74, 6) is 0.0657. The third kappa shape index (κ3) is 3.29. The molecule has 0 spiro atoms. The molecule has 1 saturated heterocycles. The van der Waals surface area contributed by atoms with Crippen molar-refractivity contribution in [2.45, 2.75) is 31.0 Å². The van der Waals surface area contributed by atoms with Crippen molar-refractivity contribution >= 4 is 33.2 Å². The number of hydrogen-bond acceptors (Lipinski definition) is 4. The van der Waals surface area contributed by atoms with Gasteiger partial charge in [-0.05, 0) is 26.0 Å². The summed E-state index contributed by atoms with van der Waals surface area (Å²) in [6.45, 7) is 4.25. The second-order valence-electron chi connectivity index (χ2n) is 4.97. The predicted octanol–water partition coefficient (Wildman–Crippen LogP) is 2.80. The molecule has 2 atom stereocenters. The van der Waals surface area contributed by atoms with Gasteiger partial charge in [0, 0.05) is 13.1 Å². The molecule has 0 bridgehead atoms. The van der Waals surface area contributed by atoms with E-state index < -0.39 is 10.0 Å². The Balaban J connectivity index is 2.47. The van der Waals surface area contributed by atoms with E-state index in [0.717, 1.165) is 0 Å². The molecule has 0 aromatic heterocycles. The number of sulfonamides is 1. The van der Waals surface area contributed by atoms with Crippen molar-refractivity contribution in [3.05, 3.63) is 22.2 Å². The van der Waals surface area contributed by atoms with Gasteiger partial charge in [-0.25, -0.2) is 8.42 Å². The van der Waals surface area contributed by atoms with E-state index in [1.165, 1.54) is 23.5 Å². The minimum Gasteiger partial charge on any atom is -0.494 e. The van der Waals surface area contributed by atoms with Crippen LogP contribution in [0.25, 0.3) is 0 Å². The zero-order valence-electron chi connectivity index (χ0n) is 12.0. The van der Waals surface area contributed by atoms with Crippen LogP contribution >= 0.6 is 23.2 Å². The van der Waals surface area contributed by atoms with E-state index in [-0.39, 0.29) is 46.0 Å². The number of methoxy groups -OCH3 is 1. The number of nitrogens with zero attached hydrogens (tertiary/aromatic N) is 1. The lowest BCUT2D eigenvalue weighted by atomic mass is 10.3. The smallest absolute Gasteiger partial charge is 0.246 e. The summed E-state index contributed by atoms with van der Waals surface area (Å²) in [6.07, 6.45) is -0.338. The fraction of sp³-hybridized carbons (Fsp3) is 0.538. The number of halogens is 2. The summed E-state index contributed by atoms with van der Waals surface area (Å²) in [6, 6.07) is 2.86. The van der Waals surface area contributed by atoms with Crippen LogP contribution in [0.5, 0.6) is 5.75 Å². The third-order valence-electron chi connectivity index (χ3n) is 3.22. The maximum atomic E-state index is 12.8. The van der Waals surface area contributed by atoms with Gasteiger partial charge in [0.2, 0.25) is 10.0 Å². The highest BCUT2D eigenvalue weighted by Crippen LogP contribution is 2.38. The van der Waals surface area contributed by atoms with Gasteiger partial charge in [0.25, 0.3) is 0 Å². The molecule has 0 N–H and O–H groups in total. The van der Waals surface area contributed by atoms with E-state index in [1.807, 2.05) is 13.8 Å². The summed E-state index contributed by atoms with van der Waals surface area (Å²) in [5, 5.41) is 0.339. The first kappa shape index (κ1) is 16.8. The van der Waals surface area contributed by atoms with Crippen molar-refractivity contribution in [2.24, 2.45) is 0 Å². The lowest BCUT2D eigenvalue weighted by Crippen LogP contribution is -2.48. The Morgan fingerprint density at radius 1 is 1.24 bits per heavy atom. The average molecular weight is 354 g/mol. The summed E-state index contributed by atoms with van der Waals surface area (Å²) in [5.41, 5.74) is 0. The van der Waals surface area contributed by atoms with Crippen molar-refractivity contribution in [1.29, 1.82) is 0 Å². The molecule has 1 aliphatic heterocycles. The fourth-order valence-corrected chi connectivity index (χ4v) is 4.57. The molecule has 2 rings (SSSR count). The molecule has 0 aliphatic carbocycles. The number of hydrogen-bond donors (Lipinski definition) is 0. The maximum Gasteiger partial charge on any atom is 0.246 e.